The van der Waals surface area contributed by atoms with E-state index in [1.165, 1.54) is 10.9 Å². The second-order valence-corrected chi connectivity index (χ2v) is 5.39. The van der Waals surface area contributed by atoms with Crippen LogP contribution in [0.2, 0.25) is 0 Å². The molecule has 1 amide bonds. The lowest BCUT2D eigenvalue weighted by molar-refractivity contribution is -0.385. The summed E-state index contributed by atoms with van der Waals surface area (Å²) in [6, 6.07) is 7.35. The molecule has 0 radical (unpaired) electrons. The summed E-state index contributed by atoms with van der Waals surface area (Å²) >= 11 is 0. The minimum atomic E-state index is -0.557. The highest BCUT2D eigenvalue weighted by Gasteiger charge is 2.17. The van der Waals surface area contributed by atoms with Crippen molar-refractivity contribution >= 4 is 11.6 Å². The molecule has 0 unspecified atom stereocenters. The smallest absolute Gasteiger partial charge is 0.316 e. The Morgan fingerprint density at radius 2 is 2.22 bits per heavy atom. The van der Waals surface area contributed by atoms with E-state index in [9.17, 15) is 14.9 Å². The van der Waals surface area contributed by atoms with Gasteiger partial charge in [-0.05, 0) is 13.0 Å². The third kappa shape index (κ3) is 4.45. The van der Waals surface area contributed by atoms with Gasteiger partial charge in [0.25, 0.3) is 0 Å². The number of rotatable bonds is 8. The largest absolute Gasteiger partial charge is 0.494 e. The van der Waals surface area contributed by atoms with Gasteiger partial charge in [-0.2, -0.15) is 10.1 Å². The van der Waals surface area contributed by atoms with Gasteiger partial charge in [0, 0.05) is 12.1 Å². The second kappa shape index (κ2) is 8.08. The molecule has 3 aromatic rings. The van der Waals surface area contributed by atoms with E-state index >= 15 is 0 Å². The number of aromatic nitrogens is 4. The summed E-state index contributed by atoms with van der Waals surface area (Å²) in [5.41, 5.74) is 0.667. The Balaban J connectivity index is 1.60. The van der Waals surface area contributed by atoms with Crippen molar-refractivity contribution < 1.29 is 19.0 Å². The van der Waals surface area contributed by atoms with E-state index in [1.807, 2.05) is 31.2 Å². The van der Waals surface area contributed by atoms with Gasteiger partial charge >= 0.3 is 17.5 Å². The monoisotopic (exact) mass is 372 g/mol. The first kappa shape index (κ1) is 18.0. The van der Waals surface area contributed by atoms with Crippen LogP contribution in [0.3, 0.4) is 0 Å². The Labute approximate surface area is 153 Å². The topological polar surface area (TPSA) is 138 Å². The molecule has 1 aromatic carbocycles. The average Bonchev–Trinajstić information content (AvgIpc) is 3.31. The Bertz CT molecular complexity index is 950. The maximum Gasteiger partial charge on any atom is 0.316 e. The molecule has 3 rings (SSSR count). The third-order valence-electron chi connectivity index (χ3n) is 3.51. The second-order valence-electron chi connectivity index (χ2n) is 5.39. The number of nitrogens with zero attached hydrogens (tertiary/aromatic N) is 5. The molecule has 0 spiro atoms. The van der Waals surface area contributed by atoms with Gasteiger partial charge < -0.3 is 14.6 Å². The van der Waals surface area contributed by atoms with Gasteiger partial charge in [0.05, 0.1) is 11.5 Å². The van der Waals surface area contributed by atoms with Crippen molar-refractivity contribution in [1.82, 2.24) is 25.2 Å². The summed E-state index contributed by atoms with van der Waals surface area (Å²) in [6.45, 7) is 2.67. The van der Waals surface area contributed by atoms with Crippen molar-refractivity contribution in [2.24, 2.45) is 0 Å². The summed E-state index contributed by atoms with van der Waals surface area (Å²) in [7, 11) is 0. The van der Waals surface area contributed by atoms with E-state index in [2.05, 4.69) is 20.6 Å². The third-order valence-corrected chi connectivity index (χ3v) is 3.51. The van der Waals surface area contributed by atoms with Crippen molar-refractivity contribution in [2.45, 2.75) is 20.0 Å². The quantitative estimate of drug-likeness (QED) is 0.464. The minimum absolute atomic E-state index is 0.0395. The first-order valence-electron chi connectivity index (χ1n) is 8.05. The maximum atomic E-state index is 12.2. The summed E-state index contributed by atoms with van der Waals surface area (Å²) in [5.74, 6) is 0.117. The molecule has 0 aliphatic rings. The van der Waals surface area contributed by atoms with Crippen LogP contribution in [-0.2, 0) is 13.1 Å². The lowest BCUT2D eigenvalue weighted by Crippen LogP contribution is -2.23. The van der Waals surface area contributed by atoms with E-state index in [4.69, 9.17) is 9.26 Å². The first-order chi connectivity index (χ1) is 13.1. The number of hydrogen-bond acceptors (Lipinski definition) is 8. The van der Waals surface area contributed by atoms with Crippen molar-refractivity contribution in [3.63, 3.8) is 0 Å². The summed E-state index contributed by atoms with van der Waals surface area (Å²) < 4.78 is 11.7. The van der Waals surface area contributed by atoms with Crippen LogP contribution in [-0.4, -0.2) is 37.4 Å². The summed E-state index contributed by atoms with van der Waals surface area (Å²) in [4.78, 5) is 26.3. The van der Waals surface area contributed by atoms with Gasteiger partial charge in [-0.3, -0.25) is 19.6 Å². The van der Waals surface area contributed by atoms with Gasteiger partial charge in [-0.25, -0.2) is 0 Å². The Morgan fingerprint density at radius 3 is 2.96 bits per heavy atom. The predicted octanol–water partition coefficient (Wildman–Crippen LogP) is 1.55. The zero-order chi connectivity index (χ0) is 19.2. The molecule has 0 saturated heterocycles. The van der Waals surface area contributed by atoms with Gasteiger partial charge in [0.15, 0.2) is 5.82 Å². The molecule has 0 aliphatic carbocycles. The molecule has 11 heteroatoms. The van der Waals surface area contributed by atoms with E-state index < -0.39 is 10.8 Å². The molecular formula is C16H16N6O5. The molecule has 0 atom stereocenters. The van der Waals surface area contributed by atoms with Crippen LogP contribution < -0.4 is 10.1 Å². The highest BCUT2D eigenvalue weighted by molar-refractivity contribution is 5.89. The summed E-state index contributed by atoms with van der Waals surface area (Å²) in [5, 5.41) is 20.9. The summed E-state index contributed by atoms with van der Waals surface area (Å²) in [6.07, 6.45) is 2.35. The zero-order valence-electron chi connectivity index (χ0n) is 14.4. The Hall–Kier alpha value is -3.76. The average molecular weight is 372 g/mol. The minimum Gasteiger partial charge on any atom is -0.494 e. The lowest BCUT2D eigenvalue weighted by Gasteiger charge is -2.09. The number of ether oxygens (including phenoxy) is 1. The lowest BCUT2D eigenvalue weighted by atomic mass is 10.2. The molecule has 2 heterocycles. The molecule has 0 aliphatic heterocycles. The molecule has 27 heavy (non-hydrogen) atoms. The van der Waals surface area contributed by atoms with Crippen LogP contribution in [0, 0.1) is 10.1 Å². The fraction of sp³-hybridized carbons (Fsp3) is 0.250. The molecule has 0 bridgehead atoms. The van der Waals surface area contributed by atoms with Crippen molar-refractivity contribution in [3.8, 4) is 5.75 Å². The van der Waals surface area contributed by atoms with Gasteiger partial charge in [0.2, 0.25) is 0 Å². The highest BCUT2D eigenvalue weighted by Crippen LogP contribution is 2.17. The van der Waals surface area contributed by atoms with Gasteiger partial charge in [-0.15, -0.1) is 0 Å². The van der Waals surface area contributed by atoms with Crippen molar-refractivity contribution in [1.29, 1.82) is 0 Å². The highest BCUT2D eigenvalue weighted by atomic mass is 16.6. The molecule has 2 aromatic heterocycles. The van der Waals surface area contributed by atoms with Crippen LogP contribution in [0.4, 0.5) is 5.69 Å². The number of nitro groups is 1. The van der Waals surface area contributed by atoms with Crippen molar-refractivity contribution in [2.75, 3.05) is 6.61 Å². The predicted molar refractivity (Wildman–Crippen MR) is 91.1 cm³/mol. The van der Waals surface area contributed by atoms with Crippen LogP contribution in [0.5, 0.6) is 5.75 Å². The number of hydrogen-bond donors (Lipinski definition) is 1. The number of benzene rings is 1. The van der Waals surface area contributed by atoms with E-state index in [-0.39, 0.29) is 30.5 Å². The molecule has 0 saturated carbocycles. The van der Waals surface area contributed by atoms with Crippen LogP contribution in [0.25, 0.3) is 0 Å². The standard InChI is InChI=1S/C16H16N6O5/c1-2-26-13-6-4-3-5-11(13)7-17-15(23)16-19-14(20-27-16)10-21-9-12(8-18-21)22(24)25/h3-6,8-9H,2,7,10H2,1H3,(H,17,23). The van der Waals surface area contributed by atoms with E-state index in [0.717, 1.165) is 11.8 Å². The van der Waals surface area contributed by atoms with Crippen LogP contribution in [0.15, 0.2) is 41.2 Å². The van der Waals surface area contributed by atoms with Gasteiger partial charge in [0.1, 0.15) is 24.7 Å². The van der Waals surface area contributed by atoms with Crippen LogP contribution in [0.1, 0.15) is 29.0 Å². The fourth-order valence-corrected chi connectivity index (χ4v) is 2.29. The van der Waals surface area contributed by atoms with Crippen LogP contribution >= 0.6 is 0 Å². The number of amides is 1. The van der Waals surface area contributed by atoms with Gasteiger partial charge in [-0.1, -0.05) is 23.4 Å². The normalized spacial score (nSPS) is 10.6. The molecule has 0 fully saturated rings. The Morgan fingerprint density at radius 1 is 1.41 bits per heavy atom. The maximum absolute atomic E-state index is 12.2. The number of carbonyl (C=O) groups excluding carboxylic acids is 1. The molecule has 11 nitrogen and oxygen atoms in total. The van der Waals surface area contributed by atoms with Crippen molar-refractivity contribution in [3.05, 3.63) is 64.1 Å². The molecule has 1 N–H and O–H groups in total. The molecule has 140 valence electrons. The number of carbonyl (C=O) groups is 1. The molecular weight excluding hydrogens is 356 g/mol. The fourth-order valence-electron chi connectivity index (χ4n) is 2.29. The zero-order valence-corrected chi connectivity index (χ0v) is 14.4. The Kier molecular flexibility index (Phi) is 5.40. The van der Waals surface area contributed by atoms with E-state index in [0.29, 0.717) is 12.4 Å². The van der Waals surface area contributed by atoms with E-state index in [1.54, 1.807) is 0 Å². The first-order valence-corrected chi connectivity index (χ1v) is 8.05. The SMILES string of the molecule is CCOc1ccccc1CNC(=O)c1nc(Cn2cc([N+](=O)[O-])cn2)no1. The number of nitrogens with one attached hydrogen (secondary N) is 1. The number of para-hydroxylation sites is 1.